The molecule has 0 aliphatic carbocycles. The fraction of sp³-hybridized carbons (Fsp3) is 0.143. The normalized spacial score (nSPS) is 11.1. The molecule has 3 aromatic rings. The van der Waals surface area contributed by atoms with Crippen LogP contribution in [-0.4, -0.2) is 14.5 Å². The van der Waals surface area contributed by atoms with E-state index in [2.05, 4.69) is 37.4 Å². The van der Waals surface area contributed by atoms with Crippen LogP contribution in [0.4, 0.5) is 5.69 Å². The number of hydrogen-bond donors (Lipinski definition) is 1. The zero-order chi connectivity index (χ0) is 13.4. The summed E-state index contributed by atoms with van der Waals surface area (Å²) in [7, 11) is 0. The Labute approximate surface area is 119 Å². The van der Waals surface area contributed by atoms with Crippen molar-refractivity contribution in [1.82, 2.24) is 14.5 Å². The van der Waals surface area contributed by atoms with Crippen molar-refractivity contribution in [3.8, 4) is 5.69 Å². The molecular formula is C14H13BrN4. The zero-order valence-corrected chi connectivity index (χ0v) is 12.1. The third-order valence-electron chi connectivity index (χ3n) is 3.12. The highest BCUT2D eigenvalue weighted by atomic mass is 79.9. The smallest absolute Gasteiger partial charge is 0.112 e. The molecule has 0 radical (unpaired) electrons. The van der Waals surface area contributed by atoms with Crippen LogP contribution < -0.4 is 5.73 Å². The lowest BCUT2D eigenvalue weighted by Crippen LogP contribution is -2.02. The number of aromatic nitrogens is 3. The van der Waals surface area contributed by atoms with Gasteiger partial charge in [0, 0.05) is 40.6 Å². The fourth-order valence-corrected chi connectivity index (χ4v) is 2.54. The zero-order valence-electron chi connectivity index (χ0n) is 10.5. The summed E-state index contributed by atoms with van der Waals surface area (Å²) in [6, 6.07) is 5.88. The van der Waals surface area contributed by atoms with E-state index in [0.29, 0.717) is 0 Å². The van der Waals surface area contributed by atoms with Gasteiger partial charge >= 0.3 is 0 Å². The Hall–Kier alpha value is -1.88. The van der Waals surface area contributed by atoms with E-state index in [-0.39, 0.29) is 0 Å². The summed E-state index contributed by atoms with van der Waals surface area (Å²) < 4.78 is 2.98. The summed E-state index contributed by atoms with van der Waals surface area (Å²) in [5.41, 5.74) is 8.65. The minimum Gasteiger partial charge on any atom is -0.398 e. The summed E-state index contributed by atoms with van der Waals surface area (Å²) in [6.07, 6.45) is 6.41. The van der Waals surface area contributed by atoms with Gasteiger partial charge < -0.3 is 10.3 Å². The maximum absolute atomic E-state index is 6.03. The quantitative estimate of drug-likeness (QED) is 0.738. The van der Waals surface area contributed by atoms with Crippen molar-refractivity contribution in [2.24, 2.45) is 0 Å². The van der Waals surface area contributed by atoms with Gasteiger partial charge in [-0.25, -0.2) is 4.98 Å². The largest absolute Gasteiger partial charge is 0.398 e. The lowest BCUT2D eigenvalue weighted by molar-refractivity contribution is 0.894. The third kappa shape index (κ3) is 2.00. The molecule has 0 saturated heterocycles. The molecule has 96 valence electrons. The number of aryl methyl sites for hydroxylation is 1. The first-order valence-corrected chi connectivity index (χ1v) is 6.86. The number of rotatable bonds is 2. The number of benzene rings is 1. The first-order valence-electron chi connectivity index (χ1n) is 6.07. The number of nitrogens with two attached hydrogens (primary N) is 1. The first kappa shape index (κ1) is 12.2. The second kappa shape index (κ2) is 4.66. The van der Waals surface area contributed by atoms with E-state index in [0.717, 1.165) is 39.0 Å². The summed E-state index contributed by atoms with van der Waals surface area (Å²) in [5, 5.41) is 0.947. The Bertz CT molecular complexity index is 748. The van der Waals surface area contributed by atoms with Crippen molar-refractivity contribution in [2.75, 3.05) is 5.73 Å². The maximum Gasteiger partial charge on any atom is 0.112 e. The Kier molecular flexibility index (Phi) is 2.98. The van der Waals surface area contributed by atoms with Gasteiger partial charge in [-0.1, -0.05) is 6.92 Å². The van der Waals surface area contributed by atoms with Gasteiger partial charge in [0.05, 0.1) is 11.2 Å². The van der Waals surface area contributed by atoms with Gasteiger partial charge in [0.2, 0.25) is 0 Å². The Morgan fingerprint density at radius 2 is 2.16 bits per heavy atom. The maximum atomic E-state index is 6.03. The number of halogens is 1. The molecule has 0 spiro atoms. The summed E-state index contributed by atoms with van der Waals surface area (Å²) in [5.74, 6) is 1.01. The Morgan fingerprint density at radius 3 is 2.95 bits per heavy atom. The van der Waals surface area contributed by atoms with Crippen LogP contribution in [0.1, 0.15) is 12.7 Å². The lowest BCUT2D eigenvalue weighted by atomic mass is 10.1. The Balaban J connectivity index is 2.34. The summed E-state index contributed by atoms with van der Waals surface area (Å²) in [4.78, 5) is 8.85. The van der Waals surface area contributed by atoms with E-state index < -0.39 is 0 Å². The minimum atomic E-state index is 0.728. The second-order valence-corrected chi connectivity index (χ2v) is 5.21. The molecule has 0 unspecified atom stereocenters. The molecule has 2 N–H and O–H groups in total. The van der Waals surface area contributed by atoms with Crippen LogP contribution in [0.2, 0.25) is 0 Å². The first-order chi connectivity index (χ1) is 9.20. The molecule has 0 aliphatic heterocycles. The summed E-state index contributed by atoms with van der Waals surface area (Å²) >= 11 is 3.43. The number of anilines is 1. The van der Waals surface area contributed by atoms with Crippen molar-refractivity contribution in [3.63, 3.8) is 0 Å². The predicted octanol–water partition coefficient (Wildman–Crippen LogP) is 3.33. The van der Waals surface area contributed by atoms with E-state index in [1.54, 1.807) is 12.4 Å². The standard InChI is InChI=1S/C14H13BrN4/c1-2-13-17-5-6-19(13)12-4-3-11(16)10-7-9(15)8-18-14(10)12/h3-8H,2,16H2,1H3. The van der Waals surface area contributed by atoms with Gasteiger partial charge in [0.25, 0.3) is 0 Å². The Morgan fingerprint density at radius 1 is 1.32 bits per heavy atom. The molecular weight excluding hydrogens is 304 g/mol. The van der Waals surface area contributed by atoms with Crippen molar-refractivity contribution < 1.29 is 0 Å². The van der Waals surface area contributed by atoms with Crippen LogP contribution in [0.25, 0.3) is 16.6 Å². The SMILES string of the molecule is CCc1nccn1-c1ccc(N)c2cc(Br)cnc12. The highest BCUT2D eigenvalue weighted by molar-refractivity contribution is 9.10. The molecule has 0 amide bonds. The van der Waals surface area contributed by atoms with Crippen LogP contribution >= 0.6 is 15.9 Å². The fourth-order valence-electron chi connectivity index (χ4n) is 2.21. The van der Waals surface area contributed by atoms with Crippen molar-refractivity contribution in [3.05, 3.63) is 47.1 Å². The number of pyridine rings is 1. The average molecular weight is 317 g/mol. The summed E-state index contributed by atoms with van der Waals surface area (Å²) in [6.45, 7) is 2.09. The molecule has 19 heavy (non-hydrogen) atoms. The topological polar surface area (TPSA) is 56.7 Å². The van der Waals surface area contributed by atoms with Gasteiger partial charge in [-0.15, -0.1) is 0 Å². The van der Waals surface area contributed by atoms with Gasteiger partial charge in [-0.05, 0) is 34.1 Å². The second-order valence-electron chi connectivity index (χ2n) is 4.29. The van der Waals surface area contributed by atoms with E-state index >= 15 is 0 Å². The number of hydrogen-bond acceptors (Lipinski definition) is 3. The van der Waals surface area contributed by atoms with Gasteiger partial charge in [-0.3, -0.25) is 4.98 Å². The number of nitrogens with zero attached hydrogens (tertiary/aromatic N) is 3. The minimum absolute atomic E-state index is 0.728. The van der Waals surface area contributed by atoms with Gasteiger partial charge in [0.1, 0.15) is 5.82 Å². The monoisotopic (exact) mass is 316 g/mol. The van der Waals surface area contributed by atoms with Crippen LogP contribution in [0.5, 0.6) is 0 Å². The average Bonchev–Trinajstić information content (AvgIpc) is 2.88. The molecule has 0 saturated carbocycles. The molecule has 0 bridgehead atoms. The number of nitrogen functional groups attached to an aromatic ring is 1. The van der Waals surface area contributed by atoms with Crippen molar-refractivity contribution in [1.29, 1.82) is 0 Å². The van der Waals surface area contributed by atoms with E-state index in [1.165, 1.54) is 0 Å². The highest BCUT2D eigenvalue weighted by Gasteiger charge is 2.10. The van der Waals surface area contributed by atoms with Crippen LogP contribution in [-0.2, 0) is 6.42 Å². The van der Waals surface area contributed by atoms with Crippen LogP contribution in [0.3, 0.4) is 0 Å². The number of imidazole rings is 1. The third-order valence-corrected chi connectivity index (χ3v) is 3.56. The van der Waals surface area contributed by atoms with Gasteiger partial charge in [0.15, 0.2) is 0 Å². The highest BCUT2D eigenvalue weighted by Crippen LogP contribution is 2.28. The molecule has 5 heteroatoms. The molecule has 0 atom stereocenters. The molecule has 1 aromatic carbocycles. The van der Waals surface area contributed by atoms with Crippen LogP contribution in [0, 0.1) is 0 Å². The van der Waals surface area contributed by atoms with E-state index in [1.807, 2.05) is 24.4 Å². The number of fused-ring (bicyclic) bond motifs is 1. The van der Waals surface area contributed by atoms with Crippen molar-refractivity contribution >= 4 is 32.5 Å². The van der Waals surface area contributed by atoms with E-state index in [4.69, 9.17) is 5.73 Å². The predicted molar refractivity (Wildman–Crippen MR) is 80.4 cm³/mol. The van der Waals surface area contributed by atoms with E-state index in [9.17, 15) is 0 Å². The molecule has 4 nitrogen and oxygen atoms in total. The van der Waals surface area contributed by atoms with Gasteiger partial charge in [-0.2, -0.15) is 0 Å². The molecule has 0 aliphatic rings. The van der Waals surface area contributed by atoms with Crippen LogP contribution in [0.15, 0.2) is 41.3 Å². The molecule has 3 rings (SSSR count). The lowest BCUT2D eigenvalue weighted by Gasteiger charge is -2.11. The van der Waals surface area contributed by atoms with Crippen molar-refractivity contribution in [2.45, 2.75) is 13.3 Å². The molecule has 0 fully saturated rings. The molecule has 2 heterocycles. The molecule has 2 aromatic heterocycles.